The van der Waals surface area contributed by atoms with E-state index < -0.39 is 0 Å². The SMILES string of the molecule is O=CC=CN1CCC(n2cnc3cnc(Nc4ccc(N5CCN(CCO)CC5)cc4F)nc32)C1. The number of aldehydes is 1. The van der Waals surface area contributed by atoms with Gasteiger partial charge >= 0.3 is 0 Å². The smallest absolute Gasteiger partial charge is 0.229 e. The molecule has 1 aromatic carbocycles. The van der Waals surface area contributed by atoms with Crippen molar-refractivity contribution in [2.45, 2.75) is 12.5 Å². The van der Waals surface area contributed by atoms with Crippen molar-refractivity contribution in [2.75, 3.05) is 62.6 Å². The van der Waals surface area contributed by atoms with Gasteiger partial charge in [0.1, 0.15) is 17.6 Å². The molecule has 3 aromatic rings. The fourth-order valence-electron chi connectivity index (χ4n) is 4.74. The number of anilines is 3. The monoisotopic (exact) mass is 480 g/mol. The highest BCUT2D eigenvalue weighted by atomic mass is 19.1. The number of carbonyl (C=O) groups is 1. The van der Waals surface area contributed by atoms with Crippen LogP contribution >= 0.6 is 0 Å². The summed E-state index contributed by atoms with van der Waals surface area (Å²) in [6.07, 6.45) is 8.38. The third kappa shape index (κ3) is 5.10. The van der Waals surface area contributed by atoms with Crippen molar-refractivity contribution >= 4 is 34.8 Å². The van der Waals surface area contributed by atoms with E-state index in [1.165, 1.54) is 12.1 Å². The Bertz CT molecular complexity index is 1210. The molecule has 10 nitrogen and oxygen atoms in total. The Labute approximate surface area is 202 Å². The first kappa shape index (κ1) is 23.2. The number of aromatic nitrogens is 4. The lowest BCUT2D eigenvalue weighted by Gasteiger charge is -2.35. The van der Waals surface area contributed by atoms with Crippen LogP contribution in [0.3, 0.4) is 0 Å². The maximum absolute atomic E-state index is 15.0. The molecule has 184 valence electrons. The molecule has 2 aliphatic rings. The van der Waals surface area contributed by atoms with E-state index in [0.717, 1.165) is 57.7 Å². The van der Waals surface area contributed by atoms with Gasteiger partial charge in [-0.2, -0.15) is 4.98 Å². The minimum atomic E-state index is -0.370. The first-order chi connectivity index (χ1) is 17.1. The second-order valence-electron chi connectivity index (χ2n) is 8.81. The highest BCUT2D eigenvalue weighted by Gasteiger charge is 2.24. The van der Waals surface area contributed by atoms with Gasteiger partial charge in [-0.25, -0.2) is 14.4 Å². The maximum atomic E-state index is 15.0. The van der Waals surface area contributed by atoms with Gasteiger partial charge in [-0.3, -0.25) is 9.69 Å². The van der Waals surface area contributed by atoms with Gasteiger partial charge in [0, 0.05) is 57.7 Å². The van der Waals surface area contributed by atoms with Crippen molar-refractivity contribution in [3.63, 3.8) is 0 Å². The molecular weight excluding hydrogens is 451 g/mol. The van der Waals surface area contributed by atoms with Crippen LogP contribution in [0.25, 0.3) is 11.2 Å². The number of aliphatic hydroxyl groups excluding tert-OH is 1. The topological polar surface area (TPSA) is 103 Å². The zero-order valence-electron chi connectivity index (χ0n) is 19.4. The second-order valence-corrected chi connectivity index (χ2v) is 8.81. The number of hydrogen-bond donors (Lipinski definition) is 2. The summed E-state index contributed by atoms with van der Waals surface area (Å²) in [7, 11) is 0. The number of allylic oxidation sites excluding steroid dienone is 1. The lowest BCUT2D eigenvalue weighted by atomic mass is 10.2. The predicted molar refractivity (Wildman–Crippen MR) is 131 cm³/mol. The van der Waals surface area contributed by atoms with Crippen LogP contribution in [0.2, 0.25) is 0 Å². The molecule has 2 saturated heterocycles. The number of nitrogens with one attached hydrogen (secondary N) is 1. The van der Waals surface area contributed by atoms with E-state index in [1.807, 2.05) is 10.6 Å². The third-order valence-corrected chi connectivity index (χ3v) is 6.63. The van der Waals surface area contributed by atoms with E-state index >= 15 is 0 Å². The van der Waals surface area contributed by atoms with Gasteiger partial charge in [0.15, 0.2) is 5.65 Å². The Morgan fingerprint density at radius 3 is 2.80 bits per heavy atom. The van der Waals surface area contributed by atoms with Crippen molar-refractivity contribution < 1.29 is 14.3 Å². The Balaban J connectivity index is 1.29. The fraction of sp³-hybridized carbons (Fsp3) is 0.417. The molecule has 2 fully saturated rings. The van der Waals surface area contributed by atoms with Crippen LogP contribution in [0, 0.1) is 5.82 Å². The van der Waals surface area contributed by atoms with Crippen molar-refractivity contribution in [3.05, 3.63) is 48.8 Å². The van der Waals surface area contributed by atoms with Crippen LogP contribution in [0.15, 0.2) is 43.0 Å². The standard InChI is InChI=1S/C24H29FN8O2/c25-20-14-18(32-9-7-30(8-10-32)11-13-35)2-3-21(20)28-24-26-15-22-23(29-24)33(17-27-22)19-4-6-31(16-19)5-1-12-34/h1-3,5,12,14-15,17,19,35H,4,6-11,13,16H2,(H,26,28,29). The molecular formula is C24H29FN8O2. The van der Waals surface area contributed by atoms with Crippen LogP contribution in [0.1, 0.15) is 12.5 Å². The molecule has 0 aliphatic carbocycles. The van der Waals surface area contributed by atoms with E-state index in [4.69, 9.17) is 5.11 Å². The zero-order valence-corrected chi connectivity index (χ0v) is 19.4. The molecule has 0 radical (unpaired) electrons. The average Bonchev–Trinajstić information content (AvgIpc) is 3.51. The molecule has 0 spiro atoms. The molecule has 35 heavy (non-hydrogen) atoms. The quantitative estimate of drug-likeness (QED) is 0.369. The maximum Gasteiger partial charge on any atom is 0.229 e. The number of rotatable bonds is 8. The van der Waals surface area contributed by atoms with Gasteiger partial charge in [-0.05, 0) is 30.7 Å². The van der Waals surface area contributed by atoms with E-state index in [-0.39, 0.29) is 18.5 Å². The number of β-amino-alcohol motifs (C(OH)–C–C–N with tert-alkyl or cyclic N) is 1. The number of nitrogens with zero attached hydrogens (tertiary/aromatic N) is 7. The number of likely N-dealkylation sites (tertiary alicyclic amines) is 1. The number of aliphatic hydroxyl groups is 1. The zero-order chi connectivity index (χ0) is 24.2. The number of halogens is 1. The second kappa shape index (κ2) is 10.4. The first-order valence-corrected chi connectivity index (χ1v) is 11.8. The molecule has 0 amide bonds. The predicted octanol–water partition coefficient (Wildman–Crippen LogP) is 1.78. The molecule has 11 heteroatoms. The molecule has 1 unspecified atom stereocenters. The van der Waals surface area contributed by atoms with E-state index in [0.29, 0.717) is 29.3 Å². The minimum Gasteiger partial charge on any atom is -0.395 e. The van der Waals surface area contributed by atoms with Crippen molar-refractivity contribution in [3.8, 4) is 0 Å². The molecule has 0 saturated carbocycles. The normalized spacial score (nSPS) is 19.2. The first-order valence-electron chi connectivity index (χ1n) is 11.8. The number of benzene rings is 1. The summed E-state index contributed by atoms with van der Waals surface area (Å²) >= 11 is 0. The summed E-state index contributed by atoms with van der Waals surface area (Å²) in [6, 6.07) is 5.32. The Hall–Kier alpha value is -3.57. The lowest BCUT2D eigenvalue weighted by molar-refractivity contribution is -0.104. The van der Waals surface area contributed by atoms with E-state index in [9.17, 15) is 9.18 Å². The largest absolute Gasteiger partial charge is 0.395 e. The van der Waals surface area contributed by atoms with Gasteiger partial charge < -0.3 is 24.8 Å². The van der Waals surface area contributed by atoms with Gasteiger partial charge in [0.05, 0.1) is 30.9 Å². The van der Waals surface area contributed by atoms with E-state index in [1.54, 1.807) is 24.8 Å². The molecule has 2 N–H and O–H groups in total. The molecule has 2 aliphatic heterocycles. The number of piperazine rings is 1. The Morgan fingerprint density at radius 1 is 1.17 bits per heavy atom. The summed E-state index contributed by atoms with van der Waals surface area (Å²) in [5, 5.41) is 12.1. The van der Waals surface area contributed by atoms with Gasteiger partial charge in [-0.15, -0.1) is 0 Å². The summed E-state index contributed by atoms with van der Waals surface area (Å²) in [6.45, 7) is 5.70. The lowest BCUT2D eigenvalue weighted by Crippen LogP contribution is -2.47. The van der Waals surface area contributed by atoms with Gasteiger partial charge in [-0.1, -0.05) is 0 Å². The van der Waals surface area contributed by atoms with Gasteiger partial charge in [0.25, 0.3) is 0 Å². The van der Waals surface area contributed by atoms with Crippen LogP contribution < -0.4 is 10.2 Å². The summed E-state index contributed by atoms with van der Waals surface area (Å²) in [5.74, 6) is -0.0647. The van der Waals surface area contributed by atoms with E-state index in [2.05, 4.69) is 35.0 Å². The minimum absolute atomic E-state index is 0.154. The summed E-state index contributed by atoms with van der Waals surface area (Å²) in [5.41, 5.74) is 2.50. The molecule has 2 aromatic heterocycles. The van der Waals surface area contributed by atoms with Crippen LogP contribution in [-0.2, 0) is 4.79 Å². The molecule has 5 rings (SSSR count). The Morgan fingerprint density at radius 2 is 2.03 bits per heavy atom. The highest BCUT2D eigenvalue weighted by Crippen LogP contribution is 2.27. The van der Waals surface area contributed by atoms with Crippen LogP contribution in [0.5, 0.6) is 0 Å². The fourth-order valence-corrected chi connectivity index (χ4v) is 4.74. The number of hydrogen-bond acceptors (Lipinski definition) is 9. The number of carbonyl (C=O) groups excluding carboxylic acids is 1. The van der Waals surface area contributed by atoms with Crippen molar-refractivity contribution in [1.29, 1.82) is 0 Å². The Kier molecular flexibility index (Phi) is 6.87. The van der Waals surface area contributed by atoms with Crippen LogP contribution in [-0.4, -0.2) is 93.1 Å². The molecule has 1 atom stereocenters. The average molecular weight is 481 g/mol. The highest BCUT2D eigenvalue weighted by molar-refractivity contribution is 5.72. The molecule has 4 heterocycles. The van der Waals surface area contributed by atoms with Gasteiger partial charge in [0.2, 0.25) is 5.95 Å². The van der Waals surface area contributed by atoms with Crippen LogP contribution in [0.4, 0.5) is 21.7 Å². The van der Waals surface area contributed by atoms with Crippen molar-refractivity contribution in [1.82, 2.24) is 29.3 Å². The summed E-state index contributed by atoms with van der Waals surface area (Å²) in [4.78, 5) is 30.4. The third-order valence-electron chi connectivity index (χ3n) is 6.63. The summed E-state index contributed by atoms with van der Waals surface area (Å²) < 4.78 is 17.0. The number of imidazole rings is 1. The molecule has 0 bridgehead atoms. The number of fused-ring (bicyclic) bond motifs is 1. The van der Waals surface area contributed by atoms with Crippen molar-refractivity contribution in [2.24, 2.45) is 0 Å².